The third-order valence-electron chi connectivity index (χ3n) is 5.64. The zero-order valence-electron chi connectivity index (χ0n) is 12.3. The van der Waals surface area contributed by atoms with Crippen molar-refractivity contribution >= 4 is 0 Å². The Morgan fingerprint density at radius 3 is 2.39 bits per heavy atom. The first-order valence-corrected chi connectivity index (χ1v) is 8.10. The van der Waals surface area contributed by atoms with Crippen LogP contribution in [0.4, 0.5) is 0 Å². The van der Waals surface area contributed by atoms with E-state index in [9.17, 15) is 0 Å². The first-order valence-electron chi connectivity index (χ1n) is 8.10. The summed E-state index contributed by atoms with van der Waals surface area (Å²) in [6, 6.07) is 0. The van der Waals surface area contributed by atoms with E-state index < -0.39 is 0 Å². The van der Waals surface area contributed by atoms with Gasteiger partial charge < -0.3 is 5.32 Å². The van der Waals surface area contributed by atoms with Crippen LogP contribution >= 0.6 is 0 Å². The van der Waals surface area contributed by atoms with Crippen LogP contribution in [0.5, 0.6) is 0 Å². The van der Waals surface area contributed by atoms with Gasteiger partial charge in [-0.05, 0) is 45.4 Å². The molecule has 0 amide bonds. The van der Waals surface area contributed by atoms with Crippen molar-refractivity contribution in [1.82, 2.24) is 10.2 Å². The molecule has 104 valence electrons. The summed E-state index contributed by atoms with van der Waals surface area (Å²) in [5.74, 6) is 0.997. The lowest BCUT2D eigenvalue weighted by atomic mass is 9.86. The van der Waals surface area contributed by atoms with Crippen LogP contribution < -0.4 is 5.32 Å². The third-order valence-corrected chi connectivity index (χ3v) is 5.64. The van der Waals surface area contributed by atoms with E-state index in [0.717, 1.165) is 5.92 Å². The predicted octanol–water partition coefficient (Wildman–Crippen LogP) is 3.17. The summed E-state index contributed by atoms with van der Waals surface area (Å²) >= 11 is 0. The standard InChI is InChI=1S/C16H30N2/c1-15(2)13-18(11-14-7-3-4-8-14)16(12-17-15)9-5-6-10-16/h14,17H,3-13H2,1-2H3. The molecule has 18 heavy (non-hydrogen) atoms. The van der Waals surface area contributed by atoms with Gasteiger partial charge >= 0.3 is 0 Å². The highest BCUT2D eigenvalue weighted by Crippen LogP contribution is 2.40. The lowest BCUT2D eigenvalue weighted by Crippen LogP contribution is -2.67. The Balaban J connectivity index is 1.72. The molecule has 2 aliphatic carbocycles. The lowest BCUT2D eigenvalue weighted by Gasteiger charge is -2.52. The van der Waals surface area contributed by atoms with Crippen molar-refractivity contribution in [3.05, 3.63) is 0 Å². The quantitative estimate of drug-likeness (QED) is 0.810. The molecule has 0 bridgehead atoms. The number of nitrogens with one attached hydrogen (secondary N) is 1. The molecule has 0 aromatic heterocycles. The minimum absolute atomic E-state index is 0.312. The topological polar surface area (TPSA) is 15.3 Å². The van der Waals surface area contributed by atoms with Crippen molar-refractivity contribution in [2.24, 2.45) is 5.92 Å². The van der Waals surface area contributed by atoms with Crippen LogP contribution in [0.3, 0.4) is 0 Å². The Hall–Kier alpha value is -0.0800. The number of piperazine rings is 1. The molecule has 2 saturated carbocycles. The molecule has 1 heterocycles. The van der Waals surface area contributed by atoms with E-state index in [2.05, 4.69) is 24.1 Å². The van der Waals surface area contributed by atoms with Crippen molar-refractivity contribution < 1.29 is 0 Å². The normalized spacial score (nSPS) is 32.3. The predicted molar refractivity (Wildman–Crippen MR) is 76.8 cm³/mol. The van der Waals surface area contributed by atoms with Crippen LogP contribution in [0, 0.1) is 5.92 Å². The third kappa shape index (κ3) is 2.46. The number of hydrogen-bond acceptors (Lipinski definition) is 2. The molecule has 0 atom stereocenters. The van der Waals surface area contributed by atoms with E-state index in [4.69, 9.17) is 0 Å². The maximum atomic E-state index is 3.80. The molecule has 3 rings (SSSR count). The zero-order chi connectivity index (χ0) is 12.6. The smallest absolute Gasteiger partial charge is 0.0335 e. The van der Waals surface area contributed by atoms with Crippen LogP contribution in [0.2, 0.25) is 0 Å². The molecule has 1 aliphatic heterocycles. The lowest BCUT2D eigenvalue weighted by molar-refractivity contribution is 0.00765. The molecule has 1 saturated heterocycles. The first-order chi connectivity index (χ1) is 8.60. The van der Waals surface area contributed by atoms with E-state index in [0.29, 0.717) is 11.1 Å². The Kier molecular flexibility index (Phi) is 3.44. The number of hydrogen-bond donors (Lipinski definition) is 1. The molecule has 3 aliphatic rings. The van der Waals surface area contributed by atoms with Gasteiger partial charge in [0.1, 0.15) is 0 Å². The second kappa shape index (κ2) is 4.79. The van der Waals surface area contributed by atoms with Crippen LogP contribution in [0.15, 0.2) is 0 Å². The van der Waals surface area contributed by atoms with E-state index in [1.54, 1.807) is 0 Å². The molecule has 0 radical (unpaired) electrons. The molecule has 1 N–H and O–H groups in total. The van der Waals surface area contributed by atoms with Crippen LogP contribution in [-0.2, 0) is 0 Å². The fraction of sp³-hybridized carbons (Fsp3) is 1.00. The van der Waals surface area contributed by atoms with Gasteiger partial charge in [-0.1, -0.05) is 25.7 Å². The SMILES string of the molecule is CC1(C)CN(CC2CCCC2)C2(CCCC2)CN1. The maximum absolute atomic E-state index is 3.80. The van der Waals surface area contributed by atoms with E-state index in [1.807, 2.05) is 0 Å². The van der Waals surface area contributed by atoms with Gasteiger partial charge in [-0.25, -0.2) is 0 Å². The van der Waals surface area contributed by atoms with Crippen LogP contribution in [0.1, 0.15) is 65.2 Å². The second-order valence-electron chi connectivity index (χ2n) is 7.70. The molecular weight excluding hydrogens is 220 g/mol. The second-order valence-corrected chi connectivity index (χ2v) is 7.70. The zero-order valence-corrected chi connectivity index (χ0v) is 12.3. The van der Waals surface area contributed by atoms with Crippen LogP contribution in [0.25, 0.3) is 0 Å². The Labute approximate surface area is 113 Å². The average Bonchev–Trinajstić information content (AvgIpc) is 2.95. The van der Waals surface area contributed by atoms with E-state index >= 15 is 0 Å². The minimum Gasteiger partial charge on any atom is -0.309 e. The van der Waals surface area contributed by atoms with Crippen molar-refractivity contribution in [2.75, 3.05) is 19.6 Å². The van der Waals surface area contributed by atoms with Crippen molar-refractivity contribution in [3.63, 3.8) is 0 Å². The monoisotopic (exact) mass is 250 g/mol. The first kappa shape index (κ1) is 12.9. The highest BCUT2D eigenvalue weighted by atomic mass is 15.3. The molecule has 1 spiro atoms. The Morgan fingerprint density at radius 1 is 1.06 bits per heavy atom. The fourth-order valence-corrected chi connectivity index (χ4v) is 4.51. The molecule has 3 fully saturated rings. The van der Waals surface area contributed by atoms with Gasteiger partial charge in [0.2, 0.25) is 0 Å². The average molecular weight is 250 g/mol. The highest BCUT2D eigenvalue weighted by molar-refractivity contribution is 5.05. The van der Waals surface area contributed by atoms with Crippen molar-refractivity contribution in [2.45, 2.75) is 76.3 Å². The van der Waals surface area contributed by atoms with E-state index in [-0.39, 0.29) is 0 Å². The summed E-state index contributed by atoms with van der Waals surface area (Å²) in [5.41, 5.74) is 0.838. The van der Waals surface area contributed by atoms with Gasteiger partial charge in [-0.3, -0.25) is 4.90 Å². The summed E-state index contributed by atoms with van der Waals surface area (Å²) in [4.78, 5) is 2.90. The van der Waals surface area contributed by atoms with Gasteiger partial charge in [0.05, 0.1) is 0 Å². The minimum atomic E-state index is 0.312. The highest BCUT2D eigenvalue weighted by Gasteiger charge is 2.46. The van der Waals surface area contributed by atoms with Crippen molar-refractivity contribution in [3.8, 4) is 0 Å². The van der Waals surface area contributed by atoms with Crippen molar-refractivity contribution in [1.29, 1.82) is 0 Å². The van der Waals surface area contributed by atoms with Gasteiger partial charge in [-0.2, -0.15) is 0 Å². The molecule has 2 heteroatoms. The fourth-order valence-electron chi connectivity index (χ4n) is 4.51. The summed E-state index contributed by atoms with van der Waals surface area (Å²) in [5, 5.41) is 3.80. The Bertz CT molecular complexity index is 285. The summed E-state index contributed by atoms with van der Waals surface area (Å²) in [7, 11) is 0. The molecule has 0 aromatic carbocycles. The summed E-state index contributed by atoms with van der Waals surface area (Å²) in [6.45, 7) is 8.61. The van der Waals surface area contributed by atoms with Gasteiger partial charge in [0, 0.05) is 30.7 Å². The van der Waals surface area contributed by atoms with Gasteiger partial charge in [0.15, 0.2) is 0 Å². The molecular formula is C16H30N2. The van der Waals surface area contributed by atoms with Crippen LogP contribution in [-0.4, -0.2) is 35.6 Å². The van der Waals surface area contributed by atoms with E-state index in [1.165, 1.54) is 71.0 Å². The number of nitrogens with zero attached hydrogens (tertiary/aromatic N) is 1. The Morgan fingerprint density at radius 2 is 1.72 bits per heavy atom. The molecule has 0 unspecified atom stereocenters. The summed E-state index contributed by atoms with van der Waals surface area (Å²) in [6.07, 6.45) is 11.7. The van der Waals surface area contributed by atoms with Gasteiger partial charge in [-0.15, -0.1) is 0 Å². The number of rotatable bonds is 2. The maximum Gasteiger partial charge on any atom is 0.0335 e. The summed E-state index contributed by atoms with van der Waals surface area (Å²) < 4.78 is 0. The van der Waals surface area contributed by atoms with Gasteiger partial charge in [0.25, 0.3) is 0 Å². The largest absolute Gasteiger partial charge is 0.309 e. The molecule has 0 aromatic rings. The molecule has 2 nitrogen and oxygen atoms in total.